The fourth-order valence-corrected chi connectivity index (χ4v) is 2.91. The quantitative estimate of drug-likeness (QED) is 0.322. The van der Waals surface area contributed by atoms with Gasteiger partial charge in [-0.2, -0.15) is 4.57 Å². The van der Waals surface area contributed by atoms with Crippen molar-refractivity contribution in [3.8, 4) is 0 Å². The van der Waals surface area contributed by atoms with Crippen LogP contribution in [-0.2, 0) is 13.1 Å². The third-order valence-corrected chi connectivity index (χ3v) is 4.25. The van der Waals surface area contributed by atoms with Crippen LogP contribution in [0.2, 0.25) is 0 Å². The molecule has 0 aliphatic carbocycles. The van der Waals surface area contributed by atoms with Crippen molar-refractivity contribution in [2.75, 3.05) is 6.61 Å². The van der Waals surface area contributed by atoms with Gasteiger partial charge in [-0.15, -0.1) is 0 Å². The van der Waals surface area contributed by atoms with E-state index in [1.165, 1.54) is 10.8 Å². The smallest absolute Gasteiger partial charge is 0.365 e. The molecule has 0 spiro atoms. The van der Waals surface area contributed by atoms with Crippen molar-refractivity contribution in [2.45, 2.75) is 20.0 Å². The van der Waals surface area contributed by atoms with E-state index < -0.39 is 4.92 Å². The minimum Gasteiger partial charge on any atom is -0.392 e. The summed E-state index contributed by atoms with van der Waals surface area (Å²) in [4.78, 5) is 23.3. The van der Waals surface area contributed by atoms with Crippen molar-refractivity contribution < 1.29 is 19.4 Å². The molecule has 0 aliphatic heterocycles. The molecule has 1 N–H and O–H groups in total. The fourth-order valence-electron chi connectivity index (χ4n) is 2.91. The molecule has 7 heteroatoms. The summed E-state index contributed by atoms with van der Waals surface area (Å²) in [6.07, 6.45) is 1.34. The zero-order valence-electron chi connectivity index (χ0n) is 13.8. The van der Waals surface area contributed by atoms with E-state index in [1.807, 2.05) is 36.4 Å². The van der Waals surface area contributed by atoms with Gasteiger partial charge in [0.15, 0.2) is 12.7 Å². The Morgan fingerprint density at radius 3 is 2.64 bits per heavy atom. The Hall–Kier alpha value is -3.06. The summed E-state index contributed by atoms with van der Waals surface area (Å²) in [5, 5.41) is 22.3. The molecule has 0 aliphatic rings. The maximum Gasteiger partial charge on any atom is 0.365 e. The van der Waals surface area contributed by atoms with E-state index in [0.29, 0.717) is 11.4 Å². The summed E-state index contributed by atoms with van der Waals surface area (Å²) in [6, 6.07) is 13.2. The van der Waals surface area contributed by atoms with Gasteiger partial charge in [0.1, 0.15) is 6.54 Å². The molecule has 2 aromatic carbocycles. The maximum atomic E-state index is 12.6. The molecule has 0 radical (unpaired) electrons. The van der Waals surface area contributed by atoms with E-state index in [-0.39, 0.29) is 31.3 Å². The normalized spacial score (nSPS) is 11.0. The standard InChI is InChI=1S/C18H18N3O4/c1-13-19(12-18(21(24)25)20(13)8-9-22)11-17(23)16-7-6-14-4-2-3-5-15(14)10-16/h2-7,10,12,22H,8-9,11H2,1H3/q+1. The summed E-state index contributed by atoms with van der Waals surface area (Å²) in [5.41, 5.74) is 0.558. The largest absolute Gasteiger partial charge is 0.392 e. The topological polar surface area (TPSA) is 89.2 Å². The second-order valence-electron chi connectivity index (χ2n) is 5.78. The van der Waals surface area contributed by atoms with Crippen LogP contribution < -0.4 is 4.57 Å². The molecule has 128 valence electrons. The summed E-state index contributed by atoms with van der Waals surface area (Å²) >= 11 is 0. The number of hydrogen-bond acceptors (Lipinski definition) is 4. The Bertz CT molecular complexity index is 962. The van der Waals surface area contributed by atoms with E-state index in [4.69, 9.17) is 5.11 Å². The Balaban J connectivity index is 1.91. The lowest BCUT2D eigenvalue weighted by Gasteiger charge is -2.03. The van der Waals surface area contributed by atoms with E-state index in [1.54, 1.807) is 17.6 Å². The molecule has 1 aromatic heterocycles. The number of nitro groups is 1. The molecule has 7 nitrogen and oxygen atoms in total. The van der Waals surface area contributed by atoms with Crippen LogP contribution in [0.5, 0.6) is 0 Å². The number of aliphatic hydroxyl groups excluding tert-OH is 1. The number of aromatic nitrogens is 2. The van der Waals surface area contributed by atoms with E-state index in [9.17, 15) is 14.9 Å². The molecule has 0 saturated carbocycles. The van der Waals surface area contributed by atoms with Gasteiger partial charge in [0.2, 0.25) is 5.78 Å². The van der Waals surface area contributed by atoms with E-state index >= 15 is 0 Å². The Morgan fingerprint density at radius 1 is 1.24 bits per heavy atom. The first-order valence-corrected chi connectivity index (χ1v) is 7.88. The summed E-state index contributed by atoms with van der Waals surface area (Å²) < 4.78 is 2.94. The summed E-state index contributed by atoms with van der Waals surface area (Å²) in [6.45, 7) is 1.59. The lowest BCUT2D eigenvalue weighted by Crippen LogP contribution is -2.39. The average Bonchev–Trinajstić information content (AvgIpc) is 2.91. The highest BCUT2D eigenvalue weighted by Crippen LogP contribution is 2.17. The van der Waals surface area contributed by atoms with Gasteiger partial charge < -0.3 is 15.2 Å². The average molecular weight is 340 g/mol. The zero-order chi connectivity index (χ0) is 18.0. The van der Waals surface area contributed by atoms with Crippen LogP contribution in [0.15, 0.2) is 48.7 Å². The predicted octanol–water partition coefficient (Wildman–Crippen LogP) is 2.02. The zero-order valence-corrected chi connectivity index (χ0v) is 13.8. The van der Waals surface area contributed by atoms with Gasteiger partial charge in [-0.05, 0) is 21.8 Å². The van der Waals surface area contributed by atoms with Crippen LogP contribution in [0.4, 0.5) is 5.82 Å². The monoisotopic (exact) mass is 340 g/mol. The molecule has 1 heterocycles. The molecule has 0 saturated heterocycles. The molecule has 0 bridgehead atoms. The second kappa shape index (κ2) is 6.82. The van der Waals surface area contributed by atoms with Crippen LogP contribution in [0.3, 0.4) is 0 Å². The van der Waals surface area contributed by atoms with Crippen molar-refractivity contribution >= 4 is 22.4 Å². The minimum atomic E-state index is -0.514. The minimum absolute atomic E-state index is 0.00341. The molecule has 0 atom stereocenters. The molecule has 3 aromatic rings. The van der Waals surface area contributed by atoms with Crippen LogP contribution in [0, 0.1) is 17.0 Å². The molecular formula is C18H18N3O4+. The first-order valence-electron chi connectivity index (χ1n) is 7.88. The van der Waals surface area contributed by atoms with Gasteiger partial charge in [-0.25, -0.2) is 4.57 Å². The molecular weight excluding hydrogens is 322 g/mol. The fraction of sp³-hybridized carbons (Fsp3) is 0.222. The lowest BCUT2D eigenvalue weighted by atomic mass is 10.0. The second-order valence-corrected chi connectivity index (χ2v) is 5.78. The van der Waals surface area contributed by atoms with Crippen molar-refractivity contribution in [3.63, 3.8) is 0 Å². The highest BCUT2D eigenvalue weighted by atomic mass is 16.6. The number of fused-ring (bicyclic) bond motifs is 1. The number of benzene rings is 2. The Labute approximate surface area is 143 Å². The molecule has 0 unspecified atom stereocenters. The Kier molecular flexibility index (Phi) is 4.58. The number of imidazole rings is 1. The van der Waals surface area contributed by atoms with Crippen molar-refractivity contribution in [1.82, 2.24) is 4.57 Å². The number of carbonyl (C=O) groups is 1. The number of hydrogen-bond donors (Lipinski definition) is 1. The van der Waals surface area contributed by atoms with Gasteiger partial charge in [0, 0.05) is 12.5 Å². The van der Waals surface area contributed by atoms with E-state index in [0.717, 1.165) is 10.8 Å². The van der Waals surface area contributed by atoms with Crippen LogP contribution in [-0.4, -0.2) is 27.0 Å². The van der Waals surface area contributed by atoms with Gasteiger partial charge in [0.05, 0.1) is 6.61 Å². The van der Waals surface area contributed by atoms with Gasteiger partial charge in [-0.3, -0.25) is 4.79 Å². The molecule has 0 fully saturated rings. The number of carbonyl (C=O) groups excluding carboxylic acids is 1. The lowest BCUT2D eigenvalue weighted by molar-refractivity contribution is -0.689. The summed E-state index contributed by atoms with van der Waals surface area (Å²) in [7, 11) is 0. The molecule has 0 amide bonds. The van der Waals surface area contributed by atoms with Gasteiger partial charge >= 0.3 is 5.82 Å². The highest BCUT2D eigenvalue weighted by Gasteiger charge is 2.25. The Morgan fingerprint density at radius 2 is 1.96 bits per heavy atom. The van der Waals surface area contributed by atoms with Gasteiger partial charge in [0.25, 0.3) is 5.82 Å². The van der Waals surface area contributed by atoms with Crippen molar-refractivity contribution in [1.29, 1.82) is 0 Å². The number of nitrogens with zero attached hydrogens (tertiary/aromatic N) is 3. The van der Waals surface area contributed by atoms with Crippen LogP contribution in [0.1, 0.15) is 16.2 Å². The van der Waals surface area contributed by atoms with E-state index in [2.05, 4.69) is 0 Å². The van der Waals surface area contributed by atoms with Crippen molar-refractivity contribution in [3.05, 3.63) is 70.2 Å². The summed E-state index contributed by atoms with van der Waals surface area (Å²) in [5.74, 6) is 0.280. The third kappa shape index (κ3) is 3.27. The maximum absolute atomic E-state index is 12.6. The first kappa shape index (κ1) is 16.8. The van der Waals surface area contributed by atoms with Crippen LogP contribution >= 0.6 is 0 Å². The first-order chi connectivity index (χ1) is 12.0. The highest BCUT2D eigenvalue weighted by molar-refractivity contribution is 5.99. The third-order valence-electron chi connectivity index (χ3n) is 4.25. The molecule has 25 heavy (non-hydrogen) atoms. The predicted molar refractivity (Wildman–Crippen MR) is 91.4 cm³/mol. The molecule has 3 rings (SSSR count). The number of Topliss-reactive ketones (excluding diaryl/α,β-unsaturated/α-hetero) is 1. The van der Waals surface area contributed by atoms with Crippen molar-refractivity contribution in [2.24, 2.45) is 0 Å². The number of rotatable bonds is 6. The number of aliphatic hydroxyl groups is 1. The van der Waals surface area contributed by atoms with Gasteiger partial charge in [-0.1, -0.05) is 36.4 Å². The SMILES string of the molecule is Cc1n(CCO)c([N+](=O)[O-])c[n+]1CC(=O)c1ccc2ccccc2c1. The number of ketones is 1. The van der Waals surface area contributed by atoms with Crippen LogP contribution in [0.25, 0.3) is 10.8 Å².